The molecule has 162 valence electrons. The number of hydrogen-bond acceptors (Lipinski definition) is 4. The fourth-order valence-corrected chi connectivity index (χ4v) is 4.55. The molecule has 0 saturated carbocycles. The molecular formula is C27H30O4. The molecule has 5 rings (SSSR count). The summed E-state index contributed by atoms with van der Waals surface area (Å²) in [5.74, 6) is 2.46. The van der Waals surface area contributed by atoms with E-state index in [1.807, 2.05) is 0 Å². The fraction of sp³-hybridized carbons (Fsp3) is 0.407. The van der Waals surface area contributed by atoms with Crippen LogP contribution in [0.15, 0.2) is 78.6 Å². The first-order chi connectivity index (χ1) is 15.1. The molecule has 5 atom stereocenters. The number of allylic oxidation sites excluding steroid dienone is 3. The summed E-state index contributed by atoms with van der Waals surface area (Å²) in [7, 11) is 0. The Balaban J connectivity index is 1.40. The van der Waals surface area contributed by atoms with Crippen LogP contribution >= 0.6 is 0 Å². The third-order valence-electron chi connectivity index (χ3n) is 6.63. The molecule has 2 heterocycles. The maximum absolute atomic E-state index is 5.94. The van der Waals surface area contributed by atoms with Gasteiger partial charge in [-0.25, -0.2) is 0 Å². The van der Waals surface area contributed by atoms with E-state index in [1.54, 1.807) is 0 Å². The molecule has 3 aliphatic rings. The third kappa shape index (κ3) is 4.56. The molecule has 31 heavy (non-hydrogen) atoms. The van der Waals surface area contributed by atoms with E-state index in [-0.39, 0.29) is 17.6 Å². The molecule has 2 saturated heterocycles. The molecule has 4 nitrogen and oxygen atoms in total. The standard InChI is InChI=1S/C27H30O4/c1-19-14-23(29-16-25-18-31-25)12-13-26(19)27(2,20-6-4-3-5-7-20)21-8-10-22(11-9-21)28-15-24-17-30-24/h3-14,19,24-26H,15-18H2,1-2H3. The Hall–Kier alpha value is -2.56. The normalized spacial score (nSPS) is 28.4. The van der Waals surface area contributed by atoms with Crippen LogP contribution in [0.2, 0.25) is 0 Å². The van der Waals surface area contributed by atoms with Gasteiger partial charge in [0.25, 0.3) is 0 Å². The highest BCUT2D eigenvalue weighted by Gasteiger charge is 2.40. The molecule has 0 bridgehead atoms. The third-order valence-corrected chi connectivity index (χ3v) is 6.63. The topological polar surface area (TPSA) is 43.5 Å². The van der Waals surface area contributed by atoms with Gasteiger partial charge in [-0.15, -0.1) is 0 Å². The fourth-order valence-electron chi connectivity index (χ4n) is 4.55. The summed E-state index contributed by atoms with van der Waals surface area (Å²) in [5, 5.41) is 0. The monoisotopic (exact) mass is 418 g/mol. The molecular weight excluding hydrogens is 388 g/mol. The van der Waals surface area contributed by atoms with Crippen molar-refractivity contribution in [3.05, 3.63) is 89.7 Å². The first kappa shape index (κ1) is 20.3. The molecule has 2 aromatic rings. The van der Waals surface area contributed by atoms with Crippen LogP contribution in [0.1, 0.15) is 25.0 Å². The zero-order chi connectivity index (χ0) is 21.3. The second-order valence-electron chi connectivity index (χ2n) is 8.94. The summed E-state index contributed by atoms with van der Waals surface area (Å²) in [6.07, 6.45) is 7.22. The average Bonchev–Trinajstić information content (AvgIpc) is 3.72. The van der Waals surface area contributed by atoms with Gasteiger partial charge in [-0.1, -0.05) is 62.4 Å². The molecule has 1 aliphatic carbocycles. The van der Waals surface area contributed by atoms with Crippen molar-refractivity contribution in [1.82, 2.24) is 0 Å². The lowest BCUT2D eigenvalue weighted by Gasteiger charge is -2.41. The Kier molecular flexibility index (Phi) is 5.59. The van der Waals surface area contributed by atoms with Crippen molar-refractivity contribution in [2.45, 2.75) is 31.5 Å². The van der Waals surface area contributed by atoms with Crippen molar-refractivity contribution in [2.24, 2.45) is 11.8 Å². The highest BCUT2D eigenvalue weighted by Crippen LogP contribution is 2.45. The van der Waals surface area contributed by atoms with E-state index >= 15 is 0 Å². The van der Waals surface area contributed by atoms with Crippen molar-refractivity contribution in [1.29, 1.82) is 0 Å². The maximum atomic E-state index is 5.94. The van der Waals surface area contributed by atoms with Crippen LogP contribution in [-0.2, 0) is 19.6 Å². The summed E-state index contributed by atoms with van der Waals surface area (Å²) in [6.45, 7) is 7.50. The van der Waals surface area contributed by atoms with Gasteiger partial charge in [0, 0.05) is 5.41 Å². The van der Waals surface area contributed by atoms with Crippen LogP contribution in [0.25, 0.3) is 0 Å². The SMILES string of the molecule is CC1C=C(OCC2CO2)C=CC1C(C)(c1ccccc1)c1ccc(OCC2CO2)cc1. The number of hydrogen-bond donors (Lipinski definition) is 0. The molecule has 2 aliphatic heterocycles. The number of rotatable bonds is 9. The van der Waals surface area contributed by atoms with Crippen molar-refractivity contribution in [2.75, 3.05) is 26.4 Å². The van der Waals surface area contributed by atoms with Gasteiger partial charge in [0.1, 0.15) is 36.9 Å². The highest BCUT2D eigenvalue weighted by atomic mass is 16.6. The minimum atomic E-state index is -0.184. The lowest BCUT2D eigenvalue weighted by molar-refractivity contribution is 0.186. The lowest BCUT2D eigenvalue weighted by atomic mass is 9.62. The van der Waals surface area contributed by atoms with E-state index in [9.17, 15) is 0 Å². The zero-order valence-corrected chi connectivity index (χ0v) is 18.2. The lowest BCUT2D eigenvalue weighted by Crippen LogP contribution is -2.37. The Morgan fingerprint density at radius 3 is 2.10 bits per heavy atom. The maximum Gasteiger partial charge on any atom is 0.119 e. The van der Waals surface area contributed by atoms with Crippen LogP contribution < -0.4 is 4.74 Å². The number of epoxide rings is 2. The van der Waals surface area contributed by atoms with Gasteiger partial charge in [0.05, 0.1) is 13.2 Å². The van der Waals surface area contributed by atoms with Crippen LogP contribution in [0.5, 0.6) is 5.75 Å². The molecule has 0 N–H and O–H groups in total. The largest absolute Gasteiger partial charge is 0.491 e. The molecule has 0 radical (unpaired) electrons. The van der Waals surface area contributed by atoms with E-state index in [4.69, 9.17) is 18.9 Å². The Morgan fingerprint density at radius 1 is 0.871 bits per heavy atom. The van der Waals surface area contributed by atoms with Gasteiger partial charge >= 0.3 is 0 Å². The number of benzene rings is 2. The minimum absolute atomic E-state index is 0.184. The molecule has 0 amide bonds. The predicted octanol–water partition coefficient (Wildman–Crippen LogP) is 4.89. The van der Waals surface area contributed by atoms with E-state index in [0.29, 0.717) is 25.0 Å². The average molecular weight is 419 g/mol. The Labute approximate surface area is 184 Å². The molecule has 0 spiro atoms. The van der Waals surface area contributed by atoms with Gasteiger partial charge in [-0.2, -0.15) is 0 Å². The second kappa shape index (κ2) is 8.52. The molecule has 4 heteroatoms. The van der Waals surface area contributed by atoms with Gasteiger partial charge in [-0.3, -0.25) is 0 Å². The van der Waals surface area contributed by atoms with E-state index in [1.165, 1.54) is 11.1 Å². The van der Waals surface area contributed by atoms with Crippen molar-refractivity contribution in [3.8, 4) is 5.75 Å². The van der Waals surface area contributed by atoms with Gasteiger partial charge < -0.3 is 18.9 Å². The van der Waals surface area contributed by atoms with Gasteiger partial charge in [0.2, 0.25) is 0 Å². The van der Waals surface area contributed by atoms with Gasteiger partial charge in [0.15, 0.2) is 0 Å². The summed E-state index contributed by atoms with van der Waals surface area (Å²) < 4.78 is 22.3. The van der Waals surface area contributed by atoms with Crippen LogP contribution in [0.4, 0.5) is 0 Å². The van der Waals surface area contributed by atoms with E-state index < -0.39 is 0 Å². The first-order valence-corrected chi connectivity index (χ1v) is 11.2. The van der Waals surface area contributed by atoms with E-state index in [2.05, 4.69) is 86.7 Å². The van der Waals surface area contributed by atoms with Crippen molar-refractivity contribution in [3.63, 3.8) is 0 Å². The second-order valence-corrected chi connectivity index (χ2v) is 8.94. The first-order valence-electron chi connectivity index (χ1n) is 11.2. The zero-order valence-electron chi connectivity index (χ0n) is 18.2. The molecule has 2 aromatic carbocycles. The quantitative estimate of drug-likeness (QED) is 0.544. The van der Waals surface area contributed by atoms with Crippen LogP contribution in [0.3, 0.4) is 0 Å². The predicted molar refractivity (Wildman–Crippen MR) is 120 cm³/mol. The Bertz CT molecular complexity index is 941. The summed E-state index contributed by atoms with van der Waals surface area (Å²) in [5.41, 5.74) is 2.40. The molecule has 2 fully saturated rings. The summed E-state index contributed by atoms with van der Waals surface area (Å²) in [6, 6.07) is 19.4. The number of ether oxygens (including phenoxy) is 4. The minimum Gasteiger partial charge on any atom is -0.491 e. The van der Waals surface area contributed by atoms with Crippen LogP contribution in [0, 0.1) is 11.8 Å². The van der Waals surface area contributed by atoms with Crippen LogP contribution in [-0.4, -0.2) is 38.6 Å². The van der Waals surface area contributed by atoms with Gasteiger partial charge in [-0.05, 0) is 47.2 Å². The summed E-state index contributed by atoms with van der Waals surface area (Å²) in [4.78, 5) is 0. The molecule has 5 unspecified atom stereocenters. The van der Waals surface area contributed by atoms with Crippen molar-refractivity contribution >= 4 is 0 Å². The molecule has 0 aromatic heterocycles. The van der Waals surface area contributed by atoms with Crippen molar-refractivity contribution < 1.29 is 18.9 Å². The van der Waals surface area contributed by atoms with E-state index in [0.717, 1.165) is 24.7 Å². The summed E-state index contributed by atoms with van der Waals surface area (Å²) >= 11 is 0. The Morgan fingerprint density at radius 2 is 1.48 bits per heavy atom. The smallest absolute Gasteiger partial charge is 0.119 e. The highest BCUT2D eigenvalue weighted by molar-refractivity contribution is 5.44.